The zero-order valence-corrected chi connectivity index (χ0v) is 21.5. The normalized spacial score (nSPS) is 16.0. The lowest BCUT2D eigenvalue weighted by Gasteiger charge is -2.33. The molecule has 36 heavy (non-hydrogen) atoms. The Morgan fingerprint density at radius 3 is 2.67 bits per heavy atom. The molecule has 1 aliphatic heterocycles. The Labute approximate surface area is 212 Å². The Bertz CT molecular complexity index is 1310. The molecule has 0 radical (unpaired) electrons. The number of hydrogen-bond donors (Lipinski definition) is 2. The van der Waals surface area contributed by atoms with Gasteiger partial charge in [-0.3, -0.25) is 9.20 Å². The Balaban J connectivity index is 2.11. The first-order valence-corrected chi connectivity index (χ1v) is 12.5. The zero-order chi connectivity index (χ0) is 26.4. The van der Waals surface area contributed by atoms with Crippen LogP contribution in [0.15, 0.2) is 53.1 Å². The minimum absolute atomic E-state index is 0.0490. The maximum Gasteiger partial charge on any atom is 0.337 e. The molecule has 1 atom stereocenters. The molecule has 2 N–H and O–H groups in total. The average molecular weight is 490 g/mol. The summed E-state index contributed by atoms with van der Waals surface area (Å²) in [5.41, 5.74) is 2.18. The van der Waals surface area contributed by atoms with E-state index < -0.39 is 11.5 Å². The summed E-state index contributed by atoms with van der Waals surface area (Å²) in [7, 11) is 0. The SMILES string of the molecule is C=C/C=C(NC(C)c1cc(C)cn2c(=O)c(C#N)c(N3CCC(CCC)CC3)nc12)\C(=C/C)C(=O)O. The van der Waals surface area contributed by atoms with Crippen molar-refractivity contribution in [3.05, 3.63) is 75.4 Å². The van der Waals surface area contributed by atoms with Gasteiger partial charge in [-0.25, -0.2) is 9.78 Å². The largest absolute Gasteiger partial charge is 0.478 e. The zero-order valence-electron chi connectivity index (χ0n) is 21.5. The second kappa shape index (κ2) is 11.7. The number of nitrogens with zero attached hydrogens (tertiary/aromatic N) is 4. The Morgan fingerprint density at radius 2 is 2.11 bits per heavy atom. The second-order valence-electron chi connectivity index (χ2n) is 9.30. The molecule has 0 bridgehead atoms. The minimum atomic E-state index is -1.05. The first-order valence-electron chi connectivity index (χ1n) is 12.5. The molecular weight excluding hydrogens is 454 g/mol. The molecular formula is C28H35N5O3. The number of carboxylic acids is 1. The van der Waals surface area contributed by atoms with Crippen LogP contribution in [-0.2, 0) is 4.79 Å². The standard InChI is InChI=1S/C28H35N5O3/c1-6-9-20-11-13-32(14-12-20)25-23(16-29)27(34)33-17-18(4)15-22(26(33)31-25)19(5)30-24(10-7-2)21(8-3)28(35)36/h7-8,10,15,17,19-20,30H,2,6,9,11-14H2,1,3-5H3,(H,35,36)/b21-8+,24-10+. The topological polar surface area (TPSA) is 111 Å². The van der Waals surface area contributed by atoms with Crippen LogP contribution in [0.25, 0.3) is 5.65 Å². The highest BCUT2D eigenvalue weighted by Crippen LogP contribution is 2.28. The van der Waals surface area contributed by atoms with Crippen LogP contribution in [0.1, 0.15) is 69.2 Å². The summed E-state index contributed by atoms with van der Waals surface area (Å²) in [4.78, 5) is 32.1. The van der Waals surface area contributed by atoms with E-state index in [0.29, 0.717) is 23.1 Å². The van der Waals surface area contributed by atoms with Crippen LogP contribution < -0.4 is 15.8 Å². The van der Waals surface area contributed by atoms with Crippen molar-refractivity contribution in [2.24, 2.45) is 5.92 Å². The van der Waals surface area contributed by atoms with Crippen molar-refractivity contribution in [3.8, 4) is 6.07 Å². The number of pyridine rings is 1. The molecule has 0 amide bonds. The van der Waals surface area contributed by atoms with Crippen LogP contribution in [0.3, 0.4) is 0 Å². The van der Waals surface area contributed by atoms with E-state index in [1.165, 1.54) is 23.0 Å². The van der Waals surface area contributed by atoms with Gasteiger partial charge in [0.15, 0.2) is 11.4 Å². The smallest absolute Gasteiger partial charge is 0.337 e. The van der Waals surface area contributed by atoms with Crippen LogP contribution in [0, 0.1) is 24.2 Å². The Kier molecular flexibility index (Phi) is 8.70. The van der Waals surface area contributed by atoms with Gasteiger partial charge in [0, 0.05) is 30.5 Å². The molecule has 1 unspecified atom stereocenters. The summed E-state index contributed by atoms with van der Waals surface area (Å²) >= 11 is 0. The summed E-state index contributed by atoms with van der Waals surface area (Å²) in [5.74, 6) is 0.0309. The van der Waals surface area contributed by atoms with Gasteiger partial charge in [0.1, 0.15) is 11.7 Å². The molecule has 0 saturated carbocycles. The lowest BCUT2D eigenvalue weighted by atomic mass is 9.92. The molecule has 1 saturated heterocycles. The van der Waals surface area contributed by atoms with Crippen LogP contribution in [0.4, 0.5) is 5.82 Å². The van der Waals surface area contributed by atoms with E-state index in [0.717, 1.165) is 43.5 Å². The first-order chi connectivity index (χ1) is 17.2. The minimum Gasteiger partial charge on any atom is -0.478 e. The number of allylic oxidation sites excluding steroid dienone is 3. The number of carbonyl (C=O) groups is 1. The van der Waals surface area contributed by atoms with Crippen molar-refractivity contribution in [2.45, 2.75) is 59.4 Å². The molecule has 1 aliphatic rings. The highest BCUT2D eigenvalue weighted by atomic mass is 16.4. The molecule has 190 valence electrons. The average Bonchev–Trinajstić information content (AvgIpc) is 2.85. The molecule has 3 heterocycles. The quantitative estimate of drug-likeness (QED) is 0.390. The van der Waals surface area contributed by atoms with Gasteiger partial charge in [0.25, 0.3) is 5.56 Å². The van der Waals surface area contributed by atoms with E-state index >= 15 is 0 Å². The molecule has 1 fully saturated rings. The molecule has 2 aromatic rings. The van der Waals surface area contributed by atoms with E-state index in [4.69, 9.17) is 4.98 Å². The van der Waals surface area contributed by atoms with E-state index in [2.05, 4.69) is 29.8 Å². The third-order valence-corrected chi connectivity index (χ3v) is 6.73. The number of nitriles is 1. The number of anilines is 1. The van der Waals surface area contributed by atoms with E-state index in [9.17, 15) is 20.0 Å². The van der Waals surface area contributed by atoms with Crippen molar-refractivity contribution >= 4 is 17.4 Å². The van der Waals surface area contributed by atoms with E-state index in [1.54, 1.807) is 19.2 Å². The van der Waals surface area contributed by atoms with Crippen molar-refractivity contribution in [1.82, 2.24) is 14.7 Å². The Morgan fingerprint density at radius 1 is 1.42 bits per heavy atom. The number of nitrogens with one attached hydrogen (secondary N) is 1. The number of rotatable bonds is 9. The number of aromatic nitrogens is 2. The molecule has 3 rings (SSSR count). The van der Waals surface area contributed by atoms with E-state index in [-0.39, 0.29) is 17.2 Å². The summed E-state index contributed by atoms with van der Waals surface area (Å²) < 4.78 is 1.43. The first kappa shape index (κ1) is 26.7. The second-order valence-corrected chi connectivity index (χ2v) is 9.30. The van der Waals surface area contributed by atoms with Gasteiger partial charge in [-0.1, -0.05) is 38.5 Å². The fourth-order valence-corrected chi connectivity index (χ4v) is 4.92. The monoisotopic (exact) mass is 489 g/mol. The lowest BCUT2D eigenvalue weighted by Crippen LogP contribution is -2.37. The van der Waals surface area contributed by atoms with Crippen LogP contribution in [0.5, 0.6) is 0 Å². The number of fused-ring (bicyclic) bond motifs is 1. The van der Waals surface area contributed by atoms with Crippen LogP contribution in [-0.4, -0.2) is 33.6 Å². The van der Waals surface area contributed by atoms with Gasteiger partial charge in [0.05, 0.1) is 11.6 Å². The Hall–Kier alpha value is -3.86. The summed E-state index contributed by atoms with van der Waals surface area (Å²) in [5, 5.41) is 22.7. The van der Waals surface area contributed by atoms with Gasteiger partial charge in [0.2, 0.25) is 0 Å². The molecule has 0 aliphatic carbocycles. The molecule has 0 aromatic carbocycles. The van der Waals surface area contributed by atoms with E-state index in [1.807, 2.05) is 19.9 Å². The molecule has 2 aromatic heterocycles. The summed E-state index contributed by atoms with van der Waals surface area (Å²) in [6.45, 7) is 12.8. The van der Waals surface area contributed by atoms with Gasteiger partial charge in [-0.2, -0.15) is 5.26 Å². The third-order valence-electron chi connectivity index (χ3n) is 6.73. The highest BCUT2D eigenvalue weighted by molar-refractivity contribution is 5.91. The maximum absolute atomic E-state index is 13.4. The number of piperidine rings is 1. The molecule has 0 spiro atoms. The fourth-order valence-electron chi connectivity index (χ4n) is 4.92. The predicted octanol–water partition coefficient (Wildman–Crippen LogP) is 4.64. The highest BCUT2D eigenvalue weighted by Gasteiger charge is 2.26. The van der Waals surface area contributed by atoms with Gasteiger partial charge < -0.3 is 15.3 Å². The fraction of sp³-hybridized carbons (Fsp3) is 0.429. The maximum atomic E-state index is 13.4. The predicted molar refractivity (Wildman–Crippen MR) is 142 cm³/mol. The number of hydrogen-bond acceptors (Lipinski definition) is 6. The molecule has 8 heteroatoms. The summed E-state index contributed by atoms with van der Waals surface area (Å²) in [6.07, 6.45) is 10.7. The van der Waals surface area contributed by atoms with Crippen molar-refractivity contribution in [1.29, 1.82) is 5.26 Å². The summed E-state index contributed by atoms with van der Waals surface area (Å²) in [6, 6.07) is 3.64. The van der Waals surface area contributed by atoms with Gasteiger partial charge in [-0.05, 0) is 57.2 Å². The lowest BCUT2D eigenvalue weighted by molar-refractivity contribution is -0.132. The number of aliphatic carboxylic acids is 1. The number of carboxylic acid groups (broad SMARTS) is 1. The van der Waals surface area contributed by atoms with Crippen molar-refractivity contribution < 1.29 is 9.90 Å². The number of aryl methyl sites for hydroxylation is 1. The third kappa shape index (κ3) is 5.51. The van der Waals surface area contributed by atoms with Crippen LogP contribution >= 0.6 is 0 Å². The van der Waals surface area contributed by atoms with Gasteiger partial charge in [-0.15, -0.1) is 0 Å². The van der Waals surface area contributed by atoms with Crippen LogP contribution in [0.2, 0.25) is 0 Å². The van der Waals surface area contributed by atoms with Crippen molar-refractivity contribution in [3.63, 3.8) is 0 Å². The van der Waals surface area contributed by atoms with Crippen molar-refractivity contribution in [2.75, 3.05) is 18.0 Å². The molecule has 8 nitrogen and oxygen atoms in total. The van der Waals surface area contributed by atoms with Gasteiger partial charge >= 0.3 is 5.97 Å².